The van der Waals surface area contributed by atoms with Crippen molar-refractivity contribution in [3.05, 3.63) is 71.8 Å². The van der Waals surface area contributed by atoms with Gasteiger partial charge in [-0.1, -0.05) is 72.5 Å². The molecule has 0 saturated heterocycles. The number of benzene rings is 2. The SMILES string of the molecule is C[C@H](C#CC(C)(C)C)N(Cc1ccccc1)[C@@H](CO)c1ccccc1. The predicted molar refractivity (Wildman–Crippen MR) is 105 cm³/mol. The van der Waals surface area contributed by atoms with Gasteiger partial charge >= 0.3 is 0 Å². The molecular weight excluding hydrogens is 306 g/mol. The molecule has 2 rings (SSSR count). The minimum Gasteiger partial charge on any atom is -0.394 e. The van der Waals surface area contributed by atoms with Crippen LogP contribution in [0.5, 0.6) is 0 Å². The van der Waals surface area contributed by atoms with E-state index in [1.807, 2.05) is 24.3 Å². The summed E-state index contributed by atoms with van der Waals surface area (Å²) in [5.41, 5.74) is 2.31. The van der Waals surface area contributed by atoms with Gasteiger partial charge in [-0.2, -0.15) is 0 Å². The molecule has 0 spiro atoms. The second-order valence-corrected chi connectivity index (χ2v) is 7.46. The van der Waals surface area contributed by atoms with Crippen LogP contribution in [0, 0.1) is 17.3 Å². The predicted octanol–water partition coefficient (Wildman–Crippen LogP) is 4.66. The highest BCUT2D eigenvalue weighted by Crippen LogP contribution is 2.25. The number of rotatable bonds is 6. The fourth-order valence-corrected chi connectivity index (χ4v) is 2.79. The molecule has 0 saturated carbocycles. The van der Waals surface area contributed by atoms with Gasteiger partial charge in [-0.25, -0.2) is 0 Å². The molecule has 0 fully saturated rings. The molecule has 0 aromatic heterocycles. The van der Waals surface area contributed by atoms with Crippen molar-refractivity contribution in [3.8, 4) is 11.8 Å². The molecule has 2 nitrogen and oxygen atoms in total. The van der Waals surface area contributed by atoms with E-state index in [1.54, 1.807) is 0 Å². The Morgan fingerprint density at radius 3 is 2.04 bits per heavy atom. The highest BCUT2D eigenvalue weighted by atomic mass is 16.3. The van der Waals surface area contributed by atoms with Gasteiger partial charge in [0.25, 0.3) is 0 Å². The standard InChI is InChI=1S/C23H29NO/c1-19(15-16-23(2,3)4)24(17-20-11-7-5-8-12-20)22(18-25)21-13-9-6-10-14-21/h5-14,19,22,25H,17-18H2,1-4H3/t19-,22+/m1/s1. The smallest absolute Gasteiger partial charge is 0.0694 e. The summed E-state index contributed by atoms with van der Waals surface area (Å²) in [5, 5.41) is 10.1. The Morgan fingerprint density at radius 2 is 1.52 bits per heavy atom. The van der Waals surface area contributed by atoms with Crippen molar-refractivity contribution >= 4 is 0 Å². The third kappa shape index (κ3) is 6.05. The van der Waals surface area contributed by atoms with Crippen molar-refractivity contribution < 1.29 is 5.11 Å². The fourth-order valence-electron chi connectivity index (χ4n) is 2.79. The molecule has 0 aliphatic heterocycles. The molecule has 2 atom stereocenters. The average molecular weight is 335 g/mol. The van der Waals surface area contributed by atoms with E-state index in [0.717, 1.165) is 12.1 Å². The largest absolute Gasteiger partial charge is 0.394 e. The first-order chi connectivity index (χ1) is 11.9. The fraction of sp³-hybridized carbons (Fsp3) is 0.391. The van der Waals surface area contributed by atoms with E-state index < -0.39 is 0 Å². The third-order valence-corrected chi connectivity index (χ3v) is 4.12. The lowest BCUT2D eigenvalue weighted by Crippen LogP contribution is -2.37. The summed E-state index contributed by atoms with van der Waals surface area (Å²) < 4.78 is 0. The monoisotopic (exact) mass is 335 g/mol. The van der Waals surface area contributed by atoms with Gasteiger partial charge < -0.3 is 5.11 Å². The maximum absolute atomic E-state index is 10.1. The van der Waals surface area contributed by atoms with Gasteiger partial charge in [0.2, 0.25) is 0 Å². The maximum atomic E-state index is 10.1. The van der Waals surface area contributed by atoms with E-state index in [9.17, 15) is 5.11 Å². The Labute approximate surface area is 152 Å². The lowest BCUT2D eigenvalue weighted by Gasteiger charge is -2.34. The molecule has 25 heavy (non-hydrogen) atoms. The van der Waals surface area contributed by atoms with Crippen LogP contribution in [0.4, 0.5) is 0 Å². The van der Waals surface area contributed by atoms with Crippen molar-refractivity contribution in [1.29, 1.82) is 0 Å². The number of aliphatic hydroxyl groups excluding tert-OH is 1. The van der Waals surface area contributed by atoms with Crippen molar-refractivity contribution in [2.75, 3.05) is 6.61 Å². The molecule has 0 aliphatic rings. The molecule has 0 bridgehead atoms. The molecule has 2 aromatic carbocycles. The number of nitrogens with zero attached hydrogens (tertiary/aromatic N) is 1. The molecule has 0 amide bonds. The van der Waals surface area contributed by atoms with Crippen molar-refractivity contribution in [2.24, 2.45) is 5.41 Å². The quantitative estimate of drug-likeness (QED) is 0.776. The van der Waals surface area contributed by atoms with E-state index in [4.69, 9.17) is 0 Å². The zero-order valence-electron chi connectivity index (χ0n) is 15.7. The summed E-state index contributed by atoms with van der Waals surface area (Å²) in [6, 6.07) is 20.5. The maximum Gasteiger partial charge on any atom is 0.0694 e. The van der Waals surface area contributed by atoms with Gasteiger partial charge in [0, 0.05) is 12.0 Å². The van der Waals surface area contributed by atoms with E-state index in [0.29, 0.717) is 0 Å². The number of hydrogen-bond acceptors (Lipinski definition) is 2. The topological polar surface area (TPSA) is 23.5 Å². The summed E-state index contributed by atoms with van der Waals surface area (Å²) >= 11 is 0. The van der Waals surface area contributed by atoms with Crippen LogP contribution in [0.1, 0.15) is 44.9 Å². The molecule has 1 N–H and O–H groups in total. The molecule has 0 radical (unpaired) electrons. The normalized spacial score (nSPS) is 13.8. The third-order valence-electron chi connectivity index (χ3n) is 4.12. The molecule has 0 aliphatic carbocycles. The molecule has 2 heteroatoms. The van der Waals surface area contributed by atoms with Gasteiger partial charge in [-0.3, -0.25) is 4.90 Å². The van der Waals surface area contributed by atoms with Crippen LogP contribution in [0.25, 0.3) is 0 Å². The molecular formula is C23H29NO. The summed E-state index contributed by atoms with van der Waals surface area (Å²) in [4.78, 5) is 2.28. The van der Waals surface area contributed by atoms with Crippen LogP contribution in [0.3, 0.4) is 0 Å². The number of hydrogen-bond donors (Lipinski definition) is 1. The van der Waals surface area contributed by atoms with Crippen LogP contribution < -0.4 is 0 Å². The lowest BCUT2D eigenvalue weighted by molar-refractivity contribution is 0.101. The lowest BCUT2D eigenvalue weighted by atomic mass is 9.97. The highest BCUT2D eigenvalue weighted by Gasteiger charge is 2.24. The van der Waals surface area contributed by atoms with Gasteiger partial charge in [-0.15, -0.1) is 0 Å². The van der Waals surface area contributed by atoms with Crippen LogP contribution in [-0.2, 0) is 6.54 Å². The molecule has 0 heterocycles. The summed E-state index contributed by atoms with van der Waals surface area (Å²) in [6.45, 7) is 9.30. The second-order valence-electron chi connectivity index (χ2n) is 7.46. The summed E-state index contributed by atoms with van der Waals surface area (Å²) in [6.07, 6.45) is 0. The average Bonchev–Trinajstić information content (AvgIpc) is 2.60. The summed E-state index contributed by atoms with van der Waals surface area (Å²) in [5.74, 6) is 6.74. The first-order valence-electron chi connectivity index (χ1n) is 8.89. The van der Waals surface area contributed by atoms with E-state index in [2.05, 4.69) is 80.8 Å². The van der Waals surface area contributed by atoms with Gasteiger partial charge in [0.15, 0.2) is 0 Å². The van der Waals surface area contributed by atoms with Crippen molar-refractivity contribution in [2.45, 2.75) is 46.3 Å². The molecule has 2 aromatic rings. The van der Waals surface area contributed by atoms with Crippen LogP contribution in [0.2, 0.25) is 0 Å². The Kier molecular flexibility index (Phi) is 6.82. The summed E-state index contributed by atoms with van der Waals surface area (Å²) in [7, 11) is 0. The van der Waals surface area contributed by atoms with Crippen LogP contribution in [-0.4, -0.2) is 22.7 Å². The first kappa shape index (κ1) is 19.2. The first-order valence-corrected chi connectivity index (χ1v) is 8.89. The Bertz CT molecular complexity index is 692. The zero-order chi connectivity index (χ0) is 18.3. The molecule has 0 unspecified atom stereocenters. The van der Waals surface area contributed by atoms with Gasteiger partial charge in [0.1, 0.15) is 0 Å². The van der Waals surface area contributed by atoms with E-state index >= 15 is 0 Å². The van der Waals surface area contributed by atoms with Crippen molar-refractivity contribution in [3.63, 3.8) is 0 Å². The second kappa shape index (κ2) is 8.85. The van der Waals surface area contributed by atoms with E-state index in [1.165, 1.54) is 5.56 Å². The Morgan fingerprint density at radius 1 is 0.960 bits per heavy atom. The van der Waals surface area contributed by atoms with Gasteiger partial charge in [0.05, 0.1) is 18.7 Å². The van der Waals surface area contributed by atoms with Gasteiger partial charge in [-0.05, 0) is 38.8 Å². The number of aliphatic hydroxyl groups is 1. The zero-order valence-corrected chi connectivity index (χ0v) is 15.7. The minimum absolute atomic E-state index is 0.0336. The molecule has 132 valence electrons. The van der Waals surface area contributed by atoms with Crippen LogP contribution in [0.15, 0.2) is 60.7 Å². The van der Waals surface area contributed by atoms with E-state index in [-0.39, 0.29) is 24.1 Å². The Hall–Kier alpha value is -2.08. The minimum atomic E-state index is -0.0781. The van der Waals surface area contributed by atoms with Crippen molar-refractivity contribution in [1.82, 2.24) is 4.90 Å². The Balaban J connectivity index is 2.34. The highest BCUT2D eigenvalue weighted by molar-refractivity contribution is 5.23. The van der Waals surface area contributed by atoms with Crippen LogP contribution >= 0.6 is 0 Å².